The SMILES string of the molecule is O=C(CSC(=Nc1ccccc1)N1CCOCC1)N1CCCC1. The zero-order chi connectivity index (χ0) is 15.9. The lowest BCUT2D eigenvalue weighted by Gasteiger charge is -2.29. The third-order valence-corrected chi connectivity index (χ3v) is 5.05. The number of para-hydroxylation sites is 1. The first-order valence-electron chi connectivity index (χ1n) is 8.20. The molecule has 3 rings (SSSR count). The van der Waals surface area contributed by atoms with Crippen molar-refractivity contribution < 1.29 is 9.53 Å². The molecule has 0 aliphatic carbocycles. The molecule has 0 bridgehead atoms. The number of benzene rings is 1. The Kier molecular flexibility index (Phi) is 5.93. The molecule has 0 atom stereocenters. The van der Waals surface area contributed by atoms with Gasteiger partial charge in [-0.05, 0) is 25.0 Å². The van der Waals surface area contributed by atoms with Gasteiger partial charge in [0.2, 0.25) is 5.91 Å². The summed E-state index contributed by atoms with van der Waals surface area (Å²) >= 11 is 1.55. The molecule has 2 saturated heterocycles. The van der Waals surface area contributed by atoms with E-state index in [2.05, 4.69) is 4.90 Å². The molecule has 0 unspecified atom stereocenters. The molecule has 6 heteroatoms. The lowest BCUT2D eigenvalue weighted by atomic mass is 10.3. The standard InChI is InChI=1S/C17H23N3O2S/c21-16(19-8-4-5-9-19)14-23-17(20-10-12-22-13-11-20)18-15-6-2-1-3-7-15/h1-3,6-7H,4-5,8-14H2. The van der Waals surface area contributed by atoms with Crippen LogP contribution in [0.3, 0.4) is 0 Å². The Balaban J connectivity index is 1.67. The minimum absolute atomic E-state index is 0.224. The Morgan fingerprint density at radius 2 is 1.74 bits per heavy atom. The lowest BCUT2D eigenvalue weighted by Crippen LogP contribution is -2.40. The van der Waals surface area contributed by atoms with Crippen LogP contribution in [0.25, 0.3) is 0 Å². The van der Waals surface area contributed by atoms with Gasteiger partial charge in [0.15, 0.2) is 5.17 Å². The van der Waals surface area contributed by atoms with Crippen LogP contribution in [-0.2, 0) is 9.53 Å². The molecule has 2 heterocycles. The molecule has 5 nitrogen and oxygen atoms in total. The molecule has 124 valence electrons. The fourth-order valence-electron chi connectivity index (χ4n) is 2.75. The summed E-state index contributed by atoms with van der Waals surface area (Å²) in [6.07, 6.45) is 2.26. The highest BCUT2D eigenvalue weighted by Crippen LogP contribution is 2.19. The van der Waals surface area contributed by atoms with Crippen molar-refractivity contribution in [2.75, 3.05) is 45.1 Å². The molecule has 0 N–H and O–H groups in total. The topological polar surface area (TPSA) is 45.1 Å². The van der Waals surface area contributed by atoms with E-state index < -0.39 is 0 Å². The highest BCUT2D eigenvalue weighted by Gasteiger charge is 2.21. The summed E-state index contributed by atoms with van der Waals surface area (Å²) in [6, 6.07) is 9.93. The van der Waals surface area contributed by atoms with Gasteiger partial charge in [-0.1, -0.05) is 30.0 Å². The van der Waals surface area contributed by atoms with Crippen molar-refractivity contribution in [1.29, 1.82) is 0 Å². The zero-order valence-electron chi connectivity index (χ0n) is 13.3. The van der Waals surface area contributed by atoms with E-state index in [9.17, 15) is 4.79 Å². The zero-order valence-corrected chi connectivity index (χ0v) is 14.1. The number of amides is 1. The van der Waals surface area contributed by atoms with Crippen LogP contribution >= 0.6 is 11.8 Å². The molecular weight excluding hydrogens is 310 g/mol. The van der Waals surface area contributed by atoms with E-state index in [1.165, 1.54) is 0 Å². The van der Waals surface area contributed by atoms with Crippen LogP contribution in [0.5, 0.6) is 0 Å². The number of carbonyl (C=O) groups excluding carboxylic acids is 1. The number of aliphatic imine (C=N–C) groups is 1. The van der Waals surface area contributed by atoms with E-state index in [1.807, 2.05) is 35.2 Å². The molecule has 1 aromatic rings. The van der Waals surface area contributed by atoms with Gasteiger partial charge in [0.05, 0.1) is 24.7 Å². The van der Waals surface area contributed by atoms with Crippen molar-refractivity contribution in [3.05, 3.63) is 30.3 Å². The molecule has 1 aromatic carbocycles. The molecule has 2 fully saturated rings. The number of nitrogens with zero attached hydrogens (tertiary/aromatic N) is 3. The van der Waals surface area contributed by atoms with Crippen molar-refractivity contribution in [2.45, 2.75) is 12.8 Å². The number of rotatable bonds is 3. The van der Waals surface area contributed by atoms with Gasteiger partial charge in [-0.15, -0.1) is 0 Å². The van der Waals surface area contributed by atoms with E-state index in [4.69, 9.17) is 9.73 Å². The molecule has 0 saturated carbocycles. The number of carbonyl (C=O) groups is 1. The van der Waals surface area contributed by atoms with E-state index >= 15 is 0 Å². The highest BCUT2D eigenvalue weighted by molar-refractivity contribution is 8.14. The van der Waals surface area contributed by atoms with Crippen LogP contribution in [-0.4, -0.2) is 66.0 Å². The molecule has 2 aliphatic heterocycles. The molecule has 23 heavy (non-hydrogen) atoms. The quantitative estimate of drug-likeness (QED) is 0.629. The average molecular weight is 333 g/mol. The van der Waals surface area contributed by atoms with E-state index in [0.717, 1.165) is 49.9 Å². The van der Waals surface area contributed by atoms with Gasteiger partial charge >= 0.3 is 0 Å². The van der Waals surface area contributed by atoms with Crippen LogP contribution in [0.4, 0.5) is 5.69 Å². The number of amidine groups is 1. The highest BCUT2D eigenvalue weighted by atomic mass is 32.2. The van der Waals surface area contributed by atoms with Crippen LogP contribution in [0.15, 0.2) is 35.3 Å². The Hall–Kier alpha value is -1.53. The average Bonchev–Trinajstić information content (AvgIpc) is 3.15. The number of ether oxygens (including phenoxy) is 1. The summed E-state index contributed by atoms with van der Waals surface area (Å²) in [5.41, 5.74) is 0.926. The van der Waals surface area contributed by atoms with Crippen molar-refractivity contribution in [1.82, 2.24) is 9.80 Å². The maximum absolute atomic E-state index is 12.3. The predicted molar refractivity (Wildman–Crippen MR) is 94.2 cm³/mol. The Morgan fingerprint density at radius 1 is 1.04 bits per heavy atom. The first-order valence-corrected chi connectivity index (χ1v) is 9.18. The summed E-state index contributed by atoms with van der Waals surface area (Å²) in [6.45, 7) is 4.90. The molecule has 2 aliphatic rings. The second-order valence-corrected chi connectivity index (χ2v) is 6.65. The van der Waals surface area contributed by atoms with Gasteiger partial charge in [-0.25, -0.2) is 4.99 Å². The van der Waals surface area contributed by atoms with Gasteiger partial charge in [0.1, 0.15) is 0 Å². The van der Waals surface area contributed by atoms with Crippen LogP contribution in [0, 0.1) is 0 Å². The Labute approximate surface area is 141 Å². The summed E-state index contributed by atoms with van der Waals surface area (Å²) in [5.74, 6) is 0.685. The van der Waals surface area contributed by atoms with Crippen molar-refractivity contribution in [3.8, 4) is 0 Å². The van der Waals surface area contributed by atoms with E-state index in [1.54, 1.807) is 11.8 Å². The van der Waals surface area contributed by atoms with Gasteiger partial charge in [0.25, 0.3) is 0 Å². The van der Waals surface area contributed by atoms with Gasteiger partial charge < -0.3 is 14.5 Å². The summed E-state index contributed by atoms with van der Waals surface area (Å²) in [5, 5.41) is 0.923. The number of morpholine rings is 1. The number of hydrogen-bond donors (Lipinski definition) is 0. The molecule has 0 spiro atoms. The minimum atomic E-state index is 0.224. The minimum Gasteiger partial charge on any atom is -0.378 e. The second kappa shape index (κ2) is 8.36. The Bertz CT molecular complexity index is 538. The third-order valence-electron chi connectivity index (χ3n) is 4.05. The maximum Gasteiger partial charge on any atom is 0.233 e. The predicted octanol–water partition coefficient (Wildman–Crippen LogP) is 2.36. The van der Waals surface area contributed by atoms with E-state index in [-0.39, 0.29) is 5.91 Å². The first kappa shape index (κ1) is 16.3. The molecule has 0 aromatic heterocycles. The summed E-state index contributed by atoms with van der Waals surface area (Å²) in [4.78, 5) is 21.2. The van der Waals surface area contributed by atoms with Gasteiger partial charge in [-0.2, -0.15) is 0 Å². The first-order chi connectivity index (χ1) is 11.3. The monoisotopic (exact) mass is 333 g/mol. The van der Waals surface area contributed by atoms with Crippen molar-refractivity contribution in [2.24, 2.45) is 4.99 Å². The van der Waals surface area contributed by atoms with Gasteiger partial charge in [-0.3, -0.25) is 4.79 Å². The third kappa shape index (κ3) is 4.72. The summed E-state index contributed by atoms with van der Waals surface area (Å²) < 4.78 is 5.43. The van der Waals surface area contributed by atoms with Crippen LogP contribution in [0.2, 0.25) is 0 Å². The van der Waals surface area contributed by atoms with Crippen LogP contribution < -0.4 is 0 Å². The lowest BCUT2D eigenvalue weighted by molar-refractivity contribution is -0.127. The number of thioether (sulfide) groups is 1. The largest absolute Gasteiger partial charge is 0.378 e. The normalized spacial score (nSPS) is 19.2. The second-order valence-electron chi connectivity index (χ2n) is 5.71. The molecule has 0 radical (unpaired) electrons. The fraction of sp³-hybridized carbons (Fsp3) is 0.529. The summed E-state index contributed by atoms with van der Waals surface area (Å²) in [7, 11) is 0. The number of hydrogen-bond acceptors (Lipinski definition) is 4. The van der Waals surface area contributed by atoms with Crippen molar-refractivity contribution >= 4 is 28.5 Å². The number of likely N-dealkylation sites (tertiary alicyclic amines) is 1. The maximum atomic E-state index is 12.3. The van der Waals surface area contributed by atoms with Crippen molar-refractivity contribution in [3.63, 3.8) is 0 Å². The van der Waals surface area contributed by atoms with Gasteiger partial charge in [0, 0.05) is 26.2 Å². The smallest absolute Gasteiger partial charge is 0.233 e. The molecular formula is C17H23N3O2S. The van der Waals surface area contributed by atoms with Crippen LogP contribution in [0.1, 0.15) is 12.8 Å². The fourth-order valence-corrected chi connectivity index (χ4v) is 3.72. The van der Waals surface area contributed by atoms with E-state index in [0.29, 0.717) is 19.0 Å². The Morgan fingerprint density at radius 3 is 2.43 bits per heavy atom. The molecule has 1 amide bonds.